The number of aromatic amines is 1. The molecule has 0 amide bonds. The van der Waals surface area contributed by atoms with Crippen LogP contribution in [-0.2, 0) is 12.1 Å². The number of aromatic nitrogens is 5. The van der Waals surface area contributed by atoms with E-state index in [0.29, 0.717) is 13.0 Å². The summed E-state index contributed by atoms with van der Waals surface area (Å²) in [5, 5.41) is 23.0. The largest absolute Gasteiger partial charge is 0.396 e. The van der Waals surface area contributed by atoms with Gasteiger partial charge in [-0.25, -0.2) is 4.68 Å². The normalized spacial score (nSPS) is 14.2. The number of pyridine rings is 1. The number of aliphatic hydroxyl groups excluding tert-OH is 1. The number of quaternary nitrogens is 1. The standard InChI is InChI=1S/C22H32N6O2/c1-6-19(20-24-25-26-28(20)22(3,4)5)27(10-7-11-29)14-17-13-16-12-15(2)8-9-18(16)23-21(17)30/h8-9,12-13,19,29H,6-7,10-11,14H2,1-5H3,(H,23,30)/p+1/t19-/m0/s1. The molecule has 2 aromatic heterocycles. The predicted octanol–water partition coefficient (Wildman–Crippen LogP) is 1.50. The van der Waals surface area contributed by atoms with Crippen molar-refractivity contribution in [2.75, 3.05) is 13.2 Å². The van der Waals surface area contributed by atoms with Gasteiger partial charge in [0.05, 0.1) is 17.6 Å². The molecule has 30 heavy (non-hydrogen) atoms. The summed E-state index contributed by atoms with van der Waals surface area (Å²) in [5.74, 6) is 0.811. The molecule has 0 aliphatic carbocycles. The van der Waals surface area contributed by atoms with Crippen molar-refractivity contribution in [1.82, 2.24) is 25.2 Å². The van der Waals surface area contributed by atoms with Gasteiger partial charge in [0.25, 0.3) is 5.56 Å². The van der Waals surface area contributed by atoms with E-state index in [4.69, 9.17) is 0 Å². The van der Waals surface area contributed by atoms with Gasteiger partial charge in [-0.3, -0.25) is 4.79 Å². The van der Waals surface area contributed by atoms with Gasteiger partial charge in [0, 0.05) is 25.0 Å². The molecule has 1 unspecified atom stereocenters. The van der Waals surface area contributed by atoms with E-state index in [-0.39, 0.29) is 23.7 Å². The molecular weight excluding hydrogens is 380 g/mol. The molecule has 8 heteroatoms. The summed E-state index contributed by atoms with van der Waals surface area (Å²) in [6.45, 7) is 11.7. The monoisotopic (exact) mass is 413 g/mol. The van der Waals surface area contributed by atoms with Gasteiger partial charge in [0.2, 0.25) is 5.82 Å². The maximum atomic E-state index is 12.8. The zero-order chi connectivity index (χ0) is 21.9. The molecule has 0 bridgehead atoms. The zero-order valence-corrected chi connectivity index (χ0v) is 18.6. The number of rotatable bonds is 8. The zero-order valence-electron chi connectivity index (χ0n) is 18.6. The highest BCUT2D eigenvalue weighted by molar-refractivity contribution is 5.79. The van der Waals surface area contributed by atoms with Crippen molar-refractivity contribution in [3.8, 4) is 0 Å². The lowest BCUT2D eigenvalue weighted by Crippen LogP contribution is -3.11. The average molecular weight is 414 g/mol. The van der Waals surface area contributed by atoms with Crippen LogP contribution in [0.5, 0.6) is 0 Å². The minimum atomic E-state index is -0.244. The number of H-pyrrole nitrogens is 1. The molecule has 2 heterocycles. The van der Waals surface area contributed by atoms with E-state index < -0.39 is 0 Å². The number of hydrogen-bond acceptors (Lipinski definition) is 5. The highest BCUT2D eigenvalue weighted by Gasteiger charge is 2.32. The Morgan fingerprint density at radius 2 is 2.03 bits per heavy atom. The summed E-state index contributed by atoms with van der Waals surface area (Å²) >= 11 is 0. The smallest absolute Gasteiger partial charge is 0.257 e. The van der Waals surface area contributed by atoms with Gasteiger partial charge in [-0.2, -0.15) is 0 Å². The maximum absolute atomic E-state index is 12.8. The van der Waals surface area contributed by atoms with Gasteiger partial charge >= 0.3 is 0 Å². The molecule has 0 fully saturated rings. The SMILES string of the molecule is CC[C@@H](c1nnnn1C(C)(C)C)[NH+](CCCO)Cc1cc2cc(C)ccc2[nH]c1=O. The summed E-state index contributed by atoms with van der Waals surface area (Å²) in [5.41, 5.74) is 2.41. The van der Waals surface area contributed by atoms with Crippen LogP contribution in [0.15, 0.2) is 29.1 Å². The summed E-state index contributed by atoms with van der Waals surface area (Å²) in [6.07, 6.45) is 1.47. The number of tetrazole rings is 1. The van der Waals surface area contributed by atoms with Crippen molar-refractivity contribution in [2.45, 2.75) is 65.6 Å². The summed E-state index contributed by atoms with van der Waals surface area (Å²) in [6, 6.07) is 8.02. The van der Waals surface area contributed by atoms with E-state index in [2.05, 4.69) is 54.3 Å². The summed E-state index contributed by atoms with van der Waals surface area (Å²) < 4.78 is 1.87. The number of aryl methyl sites for hydroxylation is 1. The lowest BCUT2D eigenvalue weighted by Gasteiger charge is -2.29. The number of fused-ring (bicyclic) bond motifs is 1. The van der Waals surface area contributed by atoms with Crippen molar-refractivity contribution < 1.29 is 10.0 Å². The quantitative estimate of drug-likeness (QED) is 0.520. The van der Waals surface area contributed by atoms with Crippen molar-refractivity contribution in [2.24, 2.45) is 0 Å². The van der Waals surface area contributed by atoms with E-state index in [1.165, 1.54) is 4.90 Å². The van der Waals surface area contributed by atoms with Gasteiger partial charge in [-0.1, -0.05) is 18.6 Å². The van der Waals surface area contributed by atoms with Crippen LogP contribution < -0.4 is 10.5 Å². The van der Waals surface area contributed by atoms with Crippen LogP contribution in [0.4, 0.5) is 0 Å². The highest BCUT2D eigenvalue weighted by Crippen LogP contribution is 2.19. The fourth-order valence-corrected chi connectivity index (χ4v) is 3.98. The molecule has 0 saturated carbocycles. The Hall–Kier alpha value is -2.58. The molecule has 0 aliphatic rings. The third-order valence-electron chi connectivity index (χ3n) is 5.49. The first kappa shape index (κ1) is 22.1. The molecule has 0 aliphatic heterocycles. The fourth-order valence-electron chi connectivity index (χ4n) is 3.98. The first-order chi connectivity index (χ1) is 14.2. The first-order valence-electron chi connectivity index (χ1n) is 10.6. The van der Waals surface area contributed by atoms with Crippen LogP contribution in [0.1, 0.15) is 63.5 Å². The van der Waals surface area contributed by atoms with Crippen molar-refractivity contribution in [3.63, 3.8) is 0 Å². The van der Waals surface area contributed by atoms with Crippen LogP contribution in [0, 0.1) is 6.92 Å². The van der Waals surface area contributed by atoms with Gasteiger partial charge in [-0.15, -0.1) is 5.10 Å². The number of nitrogens with zero attached hydrogens (tertiary/aromatic N) is 4. The lowest BCUT2D eigenvalue weighted by atomic mass is 10.1. The van der Waals surface area contributed by atoms with Crippen molar-refractivity contribution >= 4 is 10.9 Å². The van der Waals surface area contributed by atoms with E-state index >= 15 is 0 Å². The Kier molecular flexibility index (Phi) is 6.67. The Balaban J connectivity index is 2.00. The number of nitrogens with one attached hydrogen (secondary N) is 2. The molecule has 0 saturated heterocycles. The molecule has 0 radical (unpaired) electrons. The molecule has 3 rings (SSSR count). The Morgan fingerprint density at radius 1 is 1.27 bits per heavy atom. The van der Waals surface area contributed by atoms with Gasteiger partial charge in [0.15, 0.2) is 0 Å². The van der Waals surface area contributed by atoms with E-state index in [1.54, 1.807) is 0 Å². The molecule has 2 atom stereocenters. The molecule has 0 spiro atoms. The number of hydrogen-bond donors (Lipinski definition) is 3. The maximum Gasteiger partial charge on any atom is 0.257 e. The van der Waals surface area contributed by atoms with Crippen LogP contribution in [-0.4, -0.2) is 43.4 Å². The Morgan fingerprint density at radius 3 is 2.70 bits per heavy atom. The van der Waals surface area contributed by atoms with Crippen molar-refractivity contribution in [1.29, 1.82) is 0 Å². The average Bonchev–Trinajstić information content (AvgIpc) is 3.17. The van der Waals surface area contributed by atoms with Crippen LogP contribution >= 0.6 is 0 Å². The van der Waals surface area contributed by atoms with Gasteiger partial charge < -0.3 is 15.0 Å². The fraction of sp³-hybridized carbons (Fsp3) is 0.545. The summed E-state index contributed by atoms with van der Waals surface area (Å²) in [7, 11) is 0. The first-order valence-corrected chi connectivity index (χ1v) is 10.6. The topological polar surface area (TPSA) is 101 Å². The predicted molar refractivity (Wildman–Crippen MR) is 116 cm³/mol. The minimum absolute atomic E-state index is 0.0124. The molecular formula is C22H33N6O2+. The van der Waals surface area contributed by atoms with E-state index in [1.807, 2.05) is 29.8 Å². The summed E-state index contributed by atoms with van der Waals surface area (Å²) in [4.78, 5) is 17.0. The van der Waals surface area contributed by atoms with Crippen LogP contribution in [0.2, 0.25) is 0 Å². The minimum Gasteiger partial charge on any atom is -0.396 e. The van der Waals surface area contributed by atoms with E-state index in [9.17, 15) is 9.90 Å². The third kappa shape index (κ3) is 4.76. The van der Waals surface area contributed by atoms with Crippen molar-refractivity contribution in [3.05, 3.63) is 51.6 Å². The second kappa shape index (κ2) is 9.06. The second-order valence-electron chi connectivity index (χ2n) is 8.96. The van der Waals surface area contributed by atoms with Gasteiger partial charge in [-0.05, 0) is 61.7 Å². The van der Waals surface area contributed by atoms with Crippen LogP contribution in [0.3, 0.4) is 0 Å². The number of aliphatic hydroxyl groups is 1. The third-order valence-corrected chi connectivity index (χ3v) is 5.49. The lowest BCUT2D eigenvalue weighted by molar-refractivity contribution is -0.946. The molecule has 3 aromatic rings. The Labute approximate surface area is 176 Å². The molecule has 162 valence electrons. The Bertz CT molecular complexity index is 1050. The number of benzene rings is 1. The van der Waals surface area contributed by atoms with E-state index in [0.717, 1.165) is 40.8 Å². The highest BCUT2D eigenvalue weighted by atomic mass is 16.3. The molecule has 3 N–H and O–H groups in total. The van der Waals surface area contributed by atoms with Crippen LogP contribution in [0.25, 0.3) is 10.9 Å². The molecule has 1 aromatic carbocycles. The second-order valence-corrected chi connectivity index (χ2v) is 8.96. The van der Waals surface area contributed by atoms with Gasteiger partial charge in [0.1, 0.15) is 12.6 Å². The molecule has 8 nitrogen and oxygen atoms in total.